The molecule has 2 amide bonds. The molecule has 0 bridgehead atoms. The van der Waals surface area contributed by atoms with Crippen molar-refractivity contribution in [2.45, 2.75) is 6.92 Å². The van der Waals surface area contributed by atoms with E-state index in [1.807, 2.05) is 37.3 Å². The van der Waals surface area contributed by atoms with Gasteiger partial charge in [0.05, 0.1) is 29.9 Å². The molecule has 2 heterocycles. The summed E-state index contributed by atoms with van der Waals surface area (Å²) in [5.41, 5.74) is 3.76. The molecule has 0 radical (unpaired) electrons. The van der Waals surface area contributed by atoms with Gasteiger partial charge in [-0.1, -0.05) is 30.7 Å². The topological polar surface area (TPSA) is 117 Å². The number of ether oxygens (including phenoxy) is 1. The van der Waals surface area contributed by atoms with Gasteiger partial charge >= 0.3 is 0 Å². The van der Waals surface area contributed by atoms with Crippen molar-refractivity contribution in [2.24, 2.45) is 7.05 Å². The number of anilines is 6. The van der Waals surface area contributed by atoms with Crippen molar-refractivity contribution < 1.29 is 14.3 Å². The average molecular weight is 567 g/mol. The molecule has 0 saturated heterocycles. The van der Waals surface area contributed by atoms with E-state index in [4.69, 9.17) is 4.74 Å². The molecule has 42 heavy (non-hydrogen) atoms. The van der Waals surface area contributed by atoms with Crippen molar-refractivity contribution in [2.75, 3.05) is 55.1 Å². The van der Waals surface area contributed by atoms with Crippen LogP contribution >= 0.6 is 0 Å². The number of aromatic nitrogens is 3. The predicted molar refractivity (Wildman–Crippen MR) is 168 cm³/mol. The van der Waals surface area contributed by atoms with Crippen molar-refractivity contribution in [1.82, 2.24) is 19.4 Å². The van der Waals surface area contributed by atoms with Gasteiger partial charge in [-0.3, -0.25) is 9.59 Å². The molecule has 0 aliphatic carbocycles. The third kappa shape index (κ3) is 6.79. The minimum Gasteiger partial charge on any atom is -0.494 e. The van der Waals surface area contributed by atoms with Crippen molar-refractivity contribution in [3.8, 4) is 17.6 Å². The van der Waals surface area contributed by atoms with Crippen LogP contribution in [0.5, 0.6) is 5.75 Å². The molecule has 2 aromatic carbocycles. The zero-order chi connectivity index (χ0) is 30.2. The number of para-hydroxylation sites is 1. The normalized spacial score (nSPS) is 10.3. The van der Waals surface area contributed by atoms with Crippen LogP contribution in [0, 0.1) is 11.8 Å². The van der Waals surface area contributed by atoms with Crippen LogP contribution < -0.4 is 25.6 Å². The van der Waals surface area contributed by atoms with Gasteiger partial charge in [0, 0.05) is 63.6 Å². The summed E-state index contributed by atoms with van der Waals surface area (Å²) in [4.78, 5) is 36.9. The van der Waals surface area contributed by atoms with Crippen LogP contribution in [-0.2, 0) is 16.6 Å². The van der Waals surface area contributed by atoms with Gasteiger partial charge in [0.15, 0.2) is 0 Å². The molecule has 4 aromatic rings. The molecule has 0 spiro atoms. The van der Waals surface area contributed by atoms with Gasteiger partial charge in [-0.05, 0) is 37.1 Å². The summed E-state index contributed by atoms with van der Waals surface area (Å²) in [5, 5.41) is 10.5. The molecule has 216 valence electrons. The van der Waals surface area contributed by atoms with E-state index in [0.29, 0.717) is 47.7 Å². The molecule has 3 N–H and O–H groups in total. The Morgan fingerprint density at radius 1 is 1.10 bits per heavy atom. The first-order valence-corrected chi connectivity index (χ1v) is 13.2. The van der Waals surface area contributed by atoms with Crippen molar-refractivity contribution in [3.63, 3.8) is 0 Å². The summed E-state index contributed by atoms with van der Waals surface area (Å²) in [6.45, 7) is 6.09. The van der Waals surface area contributed by atoms with Gasteiger partial charge in [-0.25, -0.2) is 4.98 Å². The Bertz CT molecular complexity index is 1680. The predicted octanol–water partition coefficient (Wildman–Crippen LogP) is 4.51. The summed E-state index contributed by atoms with van der Waals surface area (Å²) < 4.78 is 7.74. The Hall–Kier alpha value is -5.50. The van der Waals surface area contributed by atoms with E-state index in [-0.39, 0.29) is 11.8 Å². The maximum absolute atomic E-state index is 12.3. The highest BCUT2D eigenvalue weighted by Crippen LogP contribution is 2.38. The van der Waals surface area contributed by atoms with Gasteiger partial charge in [-0.15, -0.1) is 0 Å². The lowest BCUT2D eigenvalue weighted by Gasteiger charge is -2.26. The van der Waals surface area contributed by atoms with Crippen LogP contribution in [0.3, 0.4) is 0 Å². The molecule has 0 aliphatic heterocycles. The minimum absolute atomic E-state index is 0.264. The fourth-order valence-corrected chi connectivity index (χ4v) is 4.35. The quantitative estimate of drug-likeness (QED) is 0.179. The number of likely N-dealkylation sites (N-methyl/N-ethyl adjacent to an activating group) is 2. The maximum Gasteiger partial charge on any atom is 0.298 e. The monoisotopic (exact) mass is 566 g/mol. The van der Waals surface area contributed by atoms with E-state index >= 15 is 0 Å². The largest absolute Gasteiger partial charge is 0.494 e. The first kappa shape index (κ1) is 29.5. The zero-order valence-electron chi connectivity index (χ0n) is 24.4. The molecule has 0 aliphatic rings. The highest BCUT2D eigenvalue weighted by molar-refractivity contribution is 6.02. The van der Waals surface area contributed by atoms with E-state index in [1.54, 1.807) is 50.4 Å². The molecule has 2 aromatic heterocycles. The van der Waals surface area contributed by atoms with Crippen LogP contribution in [0.25, 0.3) is 10.9 Å². The number of rotatable bonds is 11. The molecule has 0 unspecified atom stereocenters. The van der Waals surface area contributed by atoms with Gasteiger partial charge < -0.3 is 35.1 Å². The summed E-state index contributed by atoms with van der Waals surface area (Å²) in [6, 6.07) is 13.4. The van der Waals surface area contributed by atoms with Crippen molar-refractivity contribution in [1.29, 1.82) is 0 Å². The molecular weight excluding hydrogens is 532 g/mol. The van der Waals surface area contributed by atoms with Crippen LogP contribution in [0.4, 0.5) is 34.5 Å². The lowest BCUT2D eigenvalue weighted by molar-refractivity contribution is -0.123. The summed E-state index contributed by atoms with van der Waals surface area (Å²) in [6.07, 6.45) is 4.86. The second kappa shape index (κ2) is 13.2. The highest BCUT2D eigenvalue weighted by Gasteiger charge is 2.17. The molecule has 11 nitrogen and oxygen atoms in total. The first-order chi connectivity index (χ1) is 20.2. The van der Waals surface area contributed by atoms with Crippen LogP contribution in [0.1, 0.15) is 6.92 Å². The number of fused-ring (bicyclic) bond motifs is 1. The number of carbonyl (C=O) groups excluding carboxylic acids is 2. The fraction of sp³-hybridized carbons (Fsp3) is 0.226. The Labute approximate surface area is 245 Å². The number of aryl methyl sites for hydroxylation is 1. The second-order valence-corrected chi connectivity index (χ2v) is 9.47. The first-order valence-electron chi connectivity index (χ1n) is 13.2. The zero-order valence-corrected chi connectivity index (χ0v) is 24.4. The Morgan fingerprint density at radius 3 is 2.62 bits per heavy atom. The van der Waals surface area contributed by atoms with E-state index in [2.05, 4.69) is 61.0 Å². The third-order valence-electron chi connectivity index (χ3n) is 6.58. The number of methoxy groups -OCH3 is 1. The van der Waals surface area contributed by atoms with E-state index < -0.39 is 0 Å². The Kier molecular flexibility index (Phi) is 9.29. The SMILES string of the molecule is C=CC(=O)Nc1cc(Nc2nccc(Nc3cn(C)c4ccccc34)n2)c(OC)cc1N(C)CCN(C)C(=O)C#CC. The van der Waals surface area contributed by atoms with Gasteiger partial charge in [0.25, 0.3) is 5.91 Å². The van der Waals surface area contributed by atoms with Gasteiger partial charge in [-0.2, -0.15) is 4.98 Å². The van der Waals surface area contributed by atoms with Gasteiger partial charge in [0.2, 0.25) is 11.9 Å². The number of nitrogens with zero attached hydrogens (tertiary/aromatic N) is 5. The third-order valence-corrected chi connectivity index (χ3v) is 6.58. The summed E-state index contributed by atoms with van der Waals surface area (Å²) in [5.74, 6) is 5.96. The number of nitrogens with one attached hydrogen (secondary N) is 3. The van der Waals surface area contributed by atoms with E-state index in [9.17, 15) is 9.59 Å². The van der Waals surface area contributed by atoms with E-state index in [0.717, 1.165) is 16.6 Å². The van der Waals surface area contributed by atoms with Crippen molar-refractivity contribution in [3.05, 3.63) is 67.5 Å². The Morgan fingerprint density at radius 2 is 1.88 bits per heavy atom. The molecule has 4 rings (SSSR count). The lowest BCUT2D eigenvalue weighted by atomic mass is 10.2. The number of hydrogen-bond donors (Lipinski definition) is 3. The second-order valence-electron chi connectivity index (χ2n) is 9.47. The smallest absolute Gasteiger partial charge is 0.298 e. The number of benzene rings is 2. The highest BCUT2D eigenvalue weighted by atomic mass is 16.5. The maximum atomic E-state index is 12.3. The summed E-state index contributed by atoms with van der Waals surface area (Å²) in [7, 11) is 7.11. The minimum atomic E-state index is -0.371. The fourth-order valence-electron chi connectivity index (χ4n) is 4.35. The van der Waals surface area contributed by atoms with Crippen LogP contribution in [0.2, 0.25) is 0 Å². The number of amides is 2. The van der Waals surface area contributed by atoms with Crippen LogP contribution in [-0.4, -0.2) is 65.5 Å². The lowest BCUT2D eigenvalue weighted by Crippen LogP contribution is -2.34. The molecule has 0 atom stereocenters. The van der Waals surface area contributed by atoms with E-state index in [1.165, 1.54) is 6.08 Å². The number of hydrogen-bond acceptors (Lipinski definition) is 8. The Balaban J connectivity index is 1.60. The van der Waals surface area contributed by atoms with Crippen LogP contribution in [0.15, 0.2) is 67.5 Å². The number of carbonyl (C=O) groups is 2. The molecule has 0 saturated carbocycles. The molecule has 11 heteroatoms. The van der Waals surface area contributed by atoms with Crippen molar-refractivity contribution >= 4 is 57.2 Å². The molecular formula is C31H34N8O3. The molecule has 0 fully saturated rings. The van der Waals surface area contributed by atoms with Gasteiger partial charge in [0.1, 0.15) is 11.6 Å². The average Bonchev–Trinajstić information content (AvgIpc) is 3.30. The standard InChI is InChI=1S/C31H34N8O3/c1-7-11-30(41)38(4)17-16-37(3)26-19-27(42-6)23(18-22(26)34-29(40)8-2)35-31-32-15-14-28(36-31)33-24-20-39(5)25-13-10-9-12-21(24)25/h8-10,12-15,18-20H,2,16-17H2,1,3-6H3,(H,34,40)(H2,32,33,35,36). The summed E-state index contributed by atoms with van der Waals surface area (Å²) >= 11 is 0.